The Morgan fingerprint density at radius 1 is 1.40 bits per heavy atom. The van der Waals surface area contributed by atoms with Gasteiger partial charge in [-0.2, -0.15) is 0 Å². The van der Waals surface area contributed by atoms with E-state index in [2.05, 4.69) is 48.0 Å². The summed E-state index contributed by atoms with van der Waals surface area (Å²) in [5.74, 6) is 1.03. The smallest absolute Gasteiger partial charge is 0.147 e. The van der Waals surface area contributed by atoms with E-state index in [-0.39, 0.29) is 0 Å². The first-order valence-corrected chi connectivity index (χ1v) is 7.52. The lowest BCUT2D eigenvalue weighted by Gasteiger charge is -2.28. The number of aromatic nitrogens is 2. The lowest BCUT2D eigenvalue weighted by Crippen LogP contribution is -2.38. The zero-order chi connectivity index (χ0) is 14.5. The Morgan fingerprint density at radius 2 is 2.20 bits per heavy atom. The maximum atomic E-state index is 4.77. The molecule has 1 aliphatic heterocycles. The summed E-state index contributed by atoms with van der Waals surface area (Å²) in [4.78, 5) is 13.8. The van der Waals surface area contributed by atoms with Gasteiger partial charge in [0.2, 0.25) is 0 Å². The van der Waals surface area contributed by atoms with Crippen LogP contribution in [0.2, 0.25) is 0 Å². The molecule has 5 heteroatoms. The van der Waals surface area contributed by atoms with E-state index in [9.17, 15) is 0 Å². The van der Waals surface area contributed by atoms with E-state index in [4.69, 9.17) is 4.98 Å². The third-order valence-electron chi connectivity index (χ3n) is 3.61. The molecule has 0 spiro atoms. The fourth-order valence-electron chi connectivity index (χ4n) is 2.68. The van der Waals surface area contributed by atoms with Gasteiger partial charge >= 0.3 is 0 Å². The van der Waals surface area contributed by atoms with Gasteiger partial charge in [0, 0.05) is 37.9 Å². The Bertz CT molecular complexity index is 418. The Morgan fingerprint density at radius 3 is 2.90 bits per heavy atom. The van der Waals surface area contributed by atoms with E-state index >= 15 is 0 Å². The van der Waals surface area contributed by atoms with Crippen molar-refractivity contribution in [2.45, 2.75) is 45.3 Å². The average Bonchev–Trinajstić information content (AvgIpc) is 2.84. The van der Waals surface area contributed by atoms with Gasteiger partial charge in [0.05, 0.1) is 11.9 Å². The van der Waals surface area contributed by atoms with Crippen molar-refractivity contribution in [2.75, 3.05) is 32.1 Å². The van der Waals surface area contributed by atoms with Crippen molar-refractivity contribution in [3.8, 4) is 0 Å². The van der Waals surface area contributed by atoms with Crippen LogP contribution in [0.1, 0.15) is 32.4 Å². The standard InChI is InChI=1S/C15H27N5/c1-12(2)17-9-13-8-16-10-15(18-13)20-7-5-6-14(20)11-19(3)4/h8,10,12,14,17H,5-7,9,11H2,1-4H3. The molecule has 0 bridgehead atoms. The maximum absolute atomic E-state index is 4.77. The zero-order valence-corrected chi connectivity index (χ0v) is 13.1. The minimum Gasteiger partial charge on any atom is -0.351 e. The Balaban J connectivity index is 2.05. The zero-order valence-electron chi connectivity index (χ0n) is 13.1. The van der Waals surface area contributed by atoms with Gasteiger partial charge in [-0.25, -0.2) is 4.98 Å². The van der Waals surface area contributed by atoms with Crippen LogP contribution in [0, 0.1) is 0 Å². The second-order valence-corrected chi connectivity index (χ2v) is 6.16. The second-order valence-electron chi connectivity index (χ2n) is 6.16. The lowest BCUT2D eigenvalue weighted by atomic mass is 10.2. The monoisotopic (exact) mass is 277 g/mol. The van der Waals surface area contributed by atoms with Crippen molar-refractivity contribution in [3.05, 3.63) is 18.1 Å². The van der Waals surface area contributed by atoms with Gasteiger partial charge in [0.1, 0.15) is 5.82 Å². The molecule has 112 valence electrons. The van der Waals surface area contributed by atoms with Crippen molar-refractivity contribution in [3.63, 3.8) is 0 Å². The minimum atomic E-state index is 0.466. The van der Waals surface area contributed by atoms with Gasteiger partial charge in [-0.1, -0.05) is 13.8 Å². The van der Waals surface area contributed by atoms with E-state index < -0.39 is 0 Å². The Kier molecular flexibility index (Phi) is 5.31. The van der Waals surface area contributed by atoms with Crippen LogP contribution in [-0.4, -0.2) is 54.1 Å². The lowest BCUT2D eigenvalue weighted by molar-refractivity contribution is 0.371. The van der Waals surface area contributed by atoms with Crippen LogP contribution in [0.25, 0.3) is 0 Å². The number of nitrogens with one attached hydrogen (secondary N) is 1. The Hall–Kier alpha value is -1.20. The molecule has 0 aliphatic carbocycles. The van der Waals surface area contributed by atoms with Gasteiger partial charge in [-0.15, -0.1) is 0 Å². The average molecular weight is 277 g/mol. The van der Waals surface area contributed by atoms with Gasteiger partial charge in [-0.3, -0.25) is 4.98 Å². The summed E-state index contributed by atoms with van der Waals surface area (Å²) >= 11 is 0. The molecule has 1 aliphatic rings. The molecule has 0 aromatic carbocycles. The highest BCUT2D eigenvalue weighted by Gasteiger charge is 2.26. The quantitative estimate of drug-likeness (QED) is 0.854. The molecule has 1 fully saturated rings. The number of likely N-dealkylation sites (N-methyl/N-ethyl adjacent to an activating group) is 1. The summed E-state index contributed by atoms with van der Waals surface area (Å²) in [6.45, 7) is 7.24. The van der Waals surface area contributed by atoms with Crippen LogP contribution >= 0.6 is 0 Å². The largest absolute Gasteiger partial charge is 0.351 e. The second kappa shape index (κ2) is 6.99. The van der Waals surface area contributed by atoms with E-state index in [1.54, 1.807) is 0 Å². The van der Waals surface area contributed by atoms with Crippen LogP contribution in [-0.2, 0) is 6.54 Å². The summed E-state index contributed by atoms with van der Waals surface area (Å²) in [5, 5.41) is 3.39. The summed E-state index contributed by atoms with van der Waals surface area (Å²) in [6, 6.07) is 1.03. The first-order valence-electron chi connectivity index (χ1n) is 7.52. The van der Waals surface area contributed by atoms with E-state index in [1.807, 2.05) is 12.4 Å². The summed E-state index contributed by atoms with van der Waals surface area (Å²) in [6.07, 6.45) is 6.24. The van der Waals surface area contributed by atoms with E-state index in [1.165, 1.54) is 12.8 Å². The Labute approximate surface area is 122 Å². The number of nitrogens with zero attached hydrogens (tertiary/aromatic N) is 4. The van der Waals surface area contributed by atoms with Crippen molar-refractivity contribution in [1.82, 2.24) is 20.2 Å². The van der Waals surface area contributed by atoms with Crippen LogP contribution in [0.5, 0.6) is 0 Å². The molecule has 1 unspecified atom stereocenters. The summed E-state index contributed by atoms with van der Waals surface area (Å²) < 4.78 is 0. The molecular weight excluding hydrogens is 250 g/mol. The van der Waals surface area contributed by atoms with Gasteiger partial charge < -0.3 is 15.1 Å². The molecule has 2 heterocycles. The first-order chi connectivity index (χ1) is 9.56. The molecule has 1 aromatic heterocycles. The normalized spacial score (nSPS) is 19.3. The van der Waals surface area contributed by atoms with Crippen molar-refractivity contribution in [1.29, 1.82) is 0 Å². The maximum Gasteiger partial charge on any atom is 0.147 e. The van der Waals surface area contributed by atoms with Crippen molar-refractivity contribution < 1.29 is 0 Å². The first kappa shape index (κ1) is 15.2. The molecule has 1 N–H and O–H groups in total. The highest BCUT2D eigenvalue weighted by atomic mass is 15.3. The van der Waals surface area contributed by atoms with Gasteiger partial charge in [-0.05, 0) is 26.9 Å². The molecule has 5 nitrogen and oxygen atoms in total. The van der Waals surface area contributed by atoms with Crippen LogP contribution in [0.3, 0.4) is 0 Å². The number of hydrogen-bond donors (Lipinski definition) is 1. The molecule has 1 atom stereocenters. The van der Waals surface area contributed by atoms with Crippen molar-refractivity contribution in [2.24, 2.45) is 0 Å². The fourth-order valence-corrected chi connectivity index (χ4v) is 2.68. The molecule has 2 rings (SSSR count). The highest BCUT2D eigenvalue weighted by Crippen LogP contribution is 2.23. The molecule has 1 saturated heterocycles. The highest BCUT2D eigenvalue weighted by molar-refractivity contribution is 5.39. The van der Waals surface area contributed by atoms with E-state index in [0.29, 0.717) is 12.1 Å². The molecule has 0 radical (unpaired) electrons. The molecule has 20 heavy (non-hydrogen) atoms. The summed E-state index contributed by atoms with van der Waals surface area (Å²) in [7, 11) is 4.26. The summed E-state index contributed by atoms with van der Waals surface area (Å²) in [5.41, 5.74) is 1.02. The van der Waals surface area contributed by atoms with E-state index in [0.717, 1.165) is 31.1 Å². The predicted molar refractivity (Wildman–Crippen MR) is 82.9 cm³/mol. The van der Waals surface area contributed by atoms with Gasteiger partial charge in [0.15, 0.2) is 0 Å². The molecule has 0 saturated carbocycles. The van der Waals surface area contributed by atoms with Crippen LogP contribution in [0.4, 0.5) is 5.82 Å². The molecular formula is C15H27N5. The van der Waals surface area contributed by atoms with Crippen LogP contribution < -0.4 is 10.2 Å². The SMILES string of the molecule is CC(C)NCc1cncc(N2CCCC2CN(C)C)n1. The number of anilines is 1. The third-order valence-corrected chi connectivity index (χ3v) is 3.61. The topological polar surface area (TPSA) is 44.3 Å². The predicted octanol–water partition coefficient (Wildman–Crippen LogP) is 1.50. The fraction of sp³-hybridized carbons (Fsp3) is 0.733. The van der Waals surface area contributed by atoms with Crippen molar-refractivity contribution >= 4 is 5.82 Å². The molecule has 1 aromatic rings. The minimum absolute atomic E-state index is 0.466. The number of hydrogen-bond acceptors (Lipinski definition) is 5. The third kappa shape index (κ3) is 4.15. The van der Waals surface area contributed by atoms with Crippen LogP contribution in [0.15, 0.2) is 12.4 Å². The van der Waals surface area contributed by atoms with Gasteiger partial charge in [0.25, 0.3) is 0 Å². The molecule has 0 amide bonds. The number of rotatable bonds is 6.